The first-order valence-electron chi connectivity index (χ1n) is 6.29. The third-order valence-corrected chi connectivity index (χ3v) is 3.70. The third kappa shape index (κ3) is 3.43. The molecule has 0 saturated heterocycles. The number of halogens is 3. The van der Waals surface area contributed by atoms with E-state index in [1.807, 2.05) is 0 Å². The quantitative estimate of drug-likeness (QED) is 0.900. The van der Waals surface area contributed by atoms with E-state index < -0.39 is 17.7 Å². The molecule has 0 bridgehead atoms. The smallest absolute Gasteiger partial charge is 0.481 e. The number of aliphatic carboxylic acids is 1. The number of carbonyl (C=O) groups is 1. The molecule has 1 aromatic carbocycles. The molecule has 110 valence electrons. The van der Waals surface area contributed by atoms with Crippen molar-refractivity contribution in [2.75, 3.05) is 0 Å². The van der Waals surface area contributed by atoms with Crippen LogP contribution in [0.2, 0.25) is 0 Å². The van der Waals surface area contributed by atoms with Gasteiger partial charge in [-0.25, -0.2) is 0 Å². The SMILES string of the molecule is CC(Cc1ccc(OC(F)(F)F)cc1)(C(=O)O)C1CC1. The first-order chi connectivity index (χ1) is 9.21. The maximum Gasteiger partial charge on any atom is 0.573 e. The lowest BCUT2D eigenvalue weighted by Gasteiger charge is -2.24. The van der Waals surface area contributed by atoms with Gasteiger partial charge in [-0.05, 0) is 49.8 Å². The molecule has 1 aliphatic rings. The van der Waals surface area contributed by atoms with Crippen LogP contribution < -0.4 is 4.74 Å². The van der Waals surface area contributed by atoms with Crippen molar-refractivity contribution in [3.05, 3.63) is 29.8 Å². The highest BCUT2D eigenvalue weighted by Crippen LogP contribution is 2.47. The largest absolute Gasteiger partial charge is 0.573 e. The van der Waals surface area contributed by atoms with E-state index in [1.165, 1.54) is 24.3 Å². The Hall–Kier alpha value is -1.72. The van der Waals surface area contributed by atoms with Gasteiger partial charge in [-0.15, -0.1) is 13.2 Å². The van der Waals surface area contributed by atoms with Crippen molar-refractivity contribution >= 4 is 5.97 Å². The first-order valence-corrected chi connectivity index (χ1v) is 6.29. The Morgan fingerprint density at radius 1 is 1.30 bits per heavy atom. The molecule has 6 heteroatoms. The number of hydrogen-bond donors (Lipinski definition) is 1. The molecular weight excluding hydrogens is 273 g/mol. The molecule has 1 saturated carbocycles. The minimum Gasteiger partial charge on any atom is -0.481 e. The van der Waals surface area contributed by atoms with Gasteiger partial charge in [-0.3, -0.25) is 4.79 Å². The molecule has 1 aromatic rings. The number of benzene rings is 1. The molecule has 1 unspecified atom stereocenters. The topological polar surface area (TPSA) is 46.5 Å². The lowest BCUT2D eigenvalue weighted by atomic mass is 9.79. The Balaban J connectivity index is 2.08. The fraction of sp³-hybridized carbons (Fsp3) is 0.500. The zero-order valence-corrected chi connectivity index (χ0v) is 10.9. The Morgan fingerprint density at radius 3 is 2.25 bits per heavy atom. The Kier molecular flexibility index (Phi) is 3.67. The maximum atomic E-state index is 12.0. The van der Waals surface area contributed by atoms with Gasteiger partial charge in [0.1, 0.15) is 5.75 Å². The molecule has 3 nitrogen and oxygen atoms in total. The first kappa shape index (κ1) is 14.7. The maximum absolute atomic E-state index is 12.0. The summed E-state index contributed by atoms with van der Waals surface area (Å²) >= 11 is 0. The van der Waals surface area contributed by atoms with Gasteiger partial charge < -0.3 is 9.84 Å². The van der Waals surface area contributed by atoms with Crippen LogP contribution in [0.15, 0.2) is 24.3 Å². The second kappa shape index (κ2) is 5.00. The van der Waals surface area contributed by atoms with E-state index in [1.54, 1.807) is 6.92 Å². The molecule has 1 atom stereocenters. The highest BCUT2D eigenvalue weighted by Gasteiger charge is 2.47. The zero-order chi connectivity index (χ0) is 15.0. The number of alkyl halides is 3. The van der Waals surface area contributed by atoms with Crippen molar-refractivity contribution < 1.29 is 27.8 Å². The van der Waals surface area contributed by atoms with Crippen LogP contribution >= 0.6 is 0 Å². The van der Waals surface area contributed by atoms with Gasteiger partial charge in [-0.1, -0.05) is 12.1 Å². The van der Waals surface area contributed by atoms with Crippen LogP contribution in [0.3, 0.4) is 0 Å². The average Bonchev–Trinajstić information content (AvgIpc) is 3.13. The van der Waals surface area contributed by atoms with Crippen molar-refractivity contribution in [2.24, 2.45) is 11.3 Å². The zero-order valence-electron chi connectivity index (χ0n) is 10.9. The lowest BCUT2D eigenvalue weighted by molar-refractivity contribution is -0.274. The van der Waals surface area contributed by atoms with Gasteiger partial charge in [0, 0.05) is 0 Å². The van der Waals surface area contributed by atoms with Crippen LogP contribution in [-0.4, -0.2) is 17.4 Å². The summed E-state index contributed by atoms with van der Waals surface area (Å²) in [6, 6.07) is 5.37. The third-order valence-electron chi connectivity index (χ3n) is 3.70. The predicted octanol–water partition coefficient (Wildman–Crippen LogP) is 3.63. The van der Waals surface area contributed by atoms with E-state index >= 15 is 0 Å². The van der Waals surface area contributed by atoms with E-state index in [0.29, 0.717) is 12.0 Å². The fourth-order valence-electron chi connectivity index (χ4n) is 2.35. The van der Waals surface area contributed by atoms with E-state index in [2.05, 4.69) is 4.74 Å². The summed E-state index contributed by atoms with van der Waals surface area (Å²) in [5.41, 5.74) is -0.164. The molecule has 0 aliphatic heterocycles. The Morgan fingerprint density at radius 2 is 1.85 bits per heavy atom. The predicted molar refractivity (Wildman–Crippen MR) is 65.3 cm³/mol. The number of hydrogen-bond acceptors (Lipinski definition) is 2. The van der Waals surface area contributed by atoms with Gasteiger partial charge in [-0.2, -0.15) is 0 Å². The summed E-state index contributed by atoms with van der Waals surface area (Å²) in [7, 11) is 0. The minimum atomic E-state index is -4.72. The Bertz CT molecular complexity index is 491. The van der Waals surface area contributed by atoms with Crippen LogP contribution in [0.25, 0.3) is 0 Å². The molecule has 0 amide bonds. The summed E-state index contributed by atoms with van der Waals surface area (Å²) in [4.78, 5) is 11.4. The molecule has 0 radical (unpaired) electrons. The Labute approximate surface area is 114 Å². The van der Waals surface area contributed by atoms with Gasteiger partial charge in [0.05, 0.1) is 5.41 Å². The van der Waals surface area contributed by atoms with E-state index in [4.69, 9.17) is 0 Å². The fourth-order valence-corrected chi connectivity index (χ4v) is 2.35. The van der Waals surface area contributed by atoms with Crippen LogP contribution in [0.1, 0.15) is 25.3 Å². The normalized spacial score (nSPS) is 18.4. The second-order valence-electron chi connectivity index (χ2n) is 5.37. The van der Waals surface area contributed by atoms with E-state index in [-0.39, 0.29) is 11.7 Å². The lowest BCUT2D eigenvalue weighted by Crippen LogP contribution is -2.32. The number of ether oxygens (including phenoxy) is 1. The summed E-state index contributed by atoms with van der Waals surface area (Å²) in [6.07, 6.45) is -2.64. The van der Waals surface area contributed by atoms with Crippen LogP contribution in [0.5, 0.6) is 5.75 Å². The molecule has 1 N–H and O–H groups in total. The average molecular weight is 288 g/mol. The number of carboxylic acid groups (broad SMARTS) is 1. The van der Waals surface area contributed by atoms with Crippen molar-refractivity contribution in [3.63, 3.8) is 0 Å². The summed E-state index contributed by atoms with van der Waals surface area (Å²) < 4.78 is 39.9. The van der Waals surface area contributed by atoms with Crippen LogP contribution in [-0.2, 0) is 11.2 Å². The highest BCUT2D eigenvalue weighted by molar-refractivity contribution is 5.75. The molecule has 2 rings (SSSR count). The molecule has 0 heterocycles. The monoisotopic (exact) mass is 288 g/mol. The van der Waals surface area contributed by atoms with Crippen LogP contribution in [0.4, 0.5) is 13.2 Å². The molecular formula is C14H15F3O3. The van der Waals surface area contributed by atoms with Crippen molar-refractivity contribution in [1.82, 2.24) is 0 Å². The van der Waals surface area contributed by atoms with Crippen molar-refractivity contribution in [3.8, 4) is 5.75 Å². The van der Waals surface area contributed by atoms with E-state index in [0.717, 1.165) is 12.8 Å². The molecule has 0 spiro atoms. The summed E-state index contributed by atoms with van der Waals surface area (Å²) in [5, 5.41) is 9.34. The number of carboxylic acids is 1. The highest BCUT2D eigenvalue weighted by atomic mass is 19.4. The van der Waals surface area contributed by atoms with Crippen LogP contribution in [0, 0.1) is 11.3 Å². The standard InChI is InChI=1S/C14H15F3O3/c1-13(12(18)19,10-4-5-10)8-9-2-6-11(7-3-9)20-14(15,16)17/h2-3,6-7,10H,4-5,8H2,1H3,(H,18,19). The van der Waals surface area contributed by atoms with Gasteiger partial charge in [0.2, 0.25) is 0 Å². The van der Waals surface area contributed by atoms with Gasteiger partial charge in [0.15, 0.2) is 0 Å². The second-order valence-corrected chi connectivity index (χ2v) is 5.37. The minimum absolute atomic E-state index is 0.145. The van der Waals surface area contributed by atoms with E-state index in [9.17, 15) is 23.1 Å². The van der Waals surface area contributed by atoms with Gasteiger partial charge >= 0.3 is 12.3 Å². The molecule has 0 aromatic heterocycles. The molecule has 1 aliphatic carbocycles. The van der Waals surface area contributed by atoms with Gasteiger partial charge in [0.25, 0.3) is 0 Å². The molecule has 20 heavy (non-hydrogen) atoms. The summed E-state index contributed by atoms with van der Waals surface area (Å²) in [5.74, 6) is -1.02. The number of rotatable bonds is 5. The van der Waals surface area contributed by atoms with Crippen molar-refractivity contribution in [2.45, 2.75) is 32.5 Å². The molecule has 1 fully saturated rings. The summed E-state index contributed by atoms with van der Waals surface area (Å²) in [6.45, 7) is 1.69. The van der Waals surface area contributed by atoms with Crippen molar-refractivity contribution in [1.29, 1.82) is 0 Å².